The lowest BCUT2D eigenvalue weighted by molar-refractivity contribution is 0.0939. The van der Waals surface area contributed by atoms with E-state index in [0.29, 0.717) is 58.0 Å². The fraction of sp³-hybridized carbons (Fsp3) is 0.347. The minimum absolute atomic E-state index is 0.0198. The SMILES string of the molecule is Cc1cc(-c2cnc3c(NCC(C)(C)O)cc(Br)nn23)ccc1C(=O)NC1CC1.Cc1cccc(Nc2cc(NCC(C)(C)O)c3ncc(-c4ccc(C(=O)NC5CC5)c(C)c4)n3n2)c1. The zero-order valence-corrected chi connectivity index (χ0v) is 39.3. The number of benzene rings is 3. The molecule has 2 amide bonds. The Balaban J connectivity index is 0.000000181. The maximum atomic E-state index is 12.6. The van der Waals surface area contributed by atoms with Crippen LogP contribution in [0.5, 0.6) is 0 Å². The van der Waals surface area contributed by atoms with Gasteiger partial charge >= 0.3 is 0 Å². The van der Waals surface area contributed by atoms with Crippen molar-refractivity contribution in [2.45, 2.75) is 97.4 Å². The van der Waals surface area contributed by atoms with E-state index in [-0.39, 0.29) is 11.8 Å². The largest absolute Gasteiger partial charge is 0.389 e. The predicted molar refractivity (Wildman–Crippen MR) is 259 cm³/mol. The van der Waals surface area contributed by atoms with E-state index in [1.54, 1.807) is 49.1 Å². The average Bonchev–Trinajstić information content (AvgIpc) is 4.15. The lowest BCUT2D eigenvalue weighted by Crippen LogP contribution is -2.29. The number of fused-ring (bicyclic) bond motifs is 2. The van der Waals surface area contributed by atoms with Crippen molar-refractivity contribution in [3.05, 3.63) is 118 Å². The van der Waals surface area contributed by atoms with E-state index in [9.17, 15) is 19.8 Å². The number of rotatable bonds is 14. The van der Waals surface area contributed by atoms with Gasteiger partial charge in [0.1, 0.15) is 4.60 Å². The molecule has 2 aliphatic rings. The number of carbonyl (C=O) groups excluding carboxylic acids is 2. The third-order valence-corrected chi connectivity index (χ3v) is 11.4. The Morgan fingerprint density at radius 2 is 1.17 bits per heavy atom. The minimum Gasteiger partial charge on any atom is -0.389 e. The monoisotopic (exact) mass is 941 g/mol. The van der Waals surface area contributed by atoms with Gasteiger partial charge in [-0.2, -0.15) is 5.10 Å². The van der Waals surface area contributed by atoms with Crippen LogP contribution in [0.4, 0.5) is 22.9 Å². The molecule has 338 valence electrons. The number of halogens is 1. The molecule has 9 rings (SSSR count). The first-order chi connectivity index (χ1) is 30.9. The van der Waals surface area contributed by atoms with Gasteiger partial charge < -0.3 is 36.8 Å². The van der Waals surface area contributed by atoms with E-state index in [4.69, 9.17) is 5.10 Å². The fourth-order valence-corrected chi connectivity index (χ4v) is 7.64. The third-order valence-electron chi connectivity index (χ3n) is 11.0. The highest BCUT2D eigenvalue weighted by molar-refractivity contribution is 9.10. The van der Waals surface area contributed by atoms with Crippen molar-refractivity contribution in [3.63, 3.8) is 0 Å². The van der Waals surface area contributed by atoms with E-state index in [0.717, 1.165) is 82.0 Å². The normalized spacial score (nSPS) is 13.9. The summed E-state index contributed by atoms with van der Waals surface area (Å²) in [5.41, 5.74) is 9.83. The summed E-state index contributed by atoms with van der Waals surface area (Å²) < 4.78 is 4.21. The topological polar surface area (TPSA) is 195 Å². The van der Waals surface area contributed by atoms with Crippen molar-refractivity contribution in [2.24, 2.45) is 0 Å². The molecule has 0 aliphatic heterocycles. The zero-order chi connectivity index (χ0) is 46.2. The summed E-state index contributed by atoms with van der Waals surface area (Å²) in [6.45, 7) is 13.7. The maximum Gasteiger partial charge on any atom is 0.251 e. The van der Waals surface area contributed by atoms with Crippen LogP contribution >= 0.6 is 15.9 Å². The Kier molecular flexibility index (Phi) is 12.7. The highest BCUT2D eigenvalue weighted by atomic mass is 79.9. The molecule has 0 atom stereocenters. The summed E-state index contributed by atoms with van der Waals surface area (Å²) >= 11 is 3.45. The van der Waals surface area contributed by atoms with E-state index < -0.39 is 11.2 Å². The van der Waals surface area contributed by atoms with Gasteiger partial charge in [-0.3, -0.25) is 9.59 Å². The first kappa shape index (κ1) is 45.2. The summed E-state index contributed by atoms with van der Waals surface area (Å²) in [6, 6.07) is 24.0. The van der Waals surface area contributed by atoms with Crippen molar-refractivity contribution in [1.29, 1.82) is 0 Å². The van der Waals surface area contributed by atoms with E-state index in [1.165, 1.54) is 0 Å². The number of aliphatic hydroxyl groups is 2. The maximum absolute atomic E-state index is 12.6. The molecule has 0 unspecified atom stereocenters. The summed E-state index contributed by atoms with van der Waals surface area (Å²) in [5, 5.41) is 45.7. The summed E-state index contributed by atoms with van der Waals surface area (Å²) in [5.74, 6) is 0.594. The van der Waals surface area contributed by atoms with Gasteiger partial charge in [-0.15, -0.1) is 5.10 Å². The highest BCUT2D eigenvalue weighted by Gasteiger charge is 2.26. The molecule has 16 heteroatoms. The van der Waals surface area contributed by atoms with E-state index in [2.05, 4.69) is 63.6 Å². The molecule has 15 nitrogen and oxygen atoms in total. The van der Waals surface area contributed by atoms with Crippen molar-refractivity contribution in [2.75, 3.05) is 29.0 Å². The van der Waals surface area contributed by atoms with Crippen LogP contribution in [0, 0.1) is 20.8 Å². The molecule has 0 saturated heterocycles. The second-order valence-electron chi connectivity index (χ2n) is 18.5. The van der Waals surface area contributed by atoms with Gasteiger partial charge in [0, 0.05) is 59.2 Å². The van der Waals surface area contributed by atoms with Gasteiger partial charge in [0.05, 0.1) is 46.4 Å². The van der Waals surface area contributed by atoms with Crippen LogP contribution in [0.1, 0.15) is 90.8 Å². The van der Waals surface area contributed by atoms with Crippen LogP contribution in [0.3, 0.4) is 0 Å². The van der Waals surface area contributed by atoms with Crippen LogP contribution in [-0.4, -0.2) is 87.6 Å². The van der Waals surface area contributed by atoms with Crippen LogP contribution in [-0.2, 0) is 0 Å². The molecular weight excluding hydrogens is 887 g/mol. The summed E-state index contributed by atoms with van der Waals surface area (Å²) in [7, 11) is 0. The molecule has 4 heterocycles. The third kappa shape index (κ3) is 11.3. The standard InChI is InChI=1S/C28H32N6O2.C21H24BrN5O2/c1-17-6-5-7-21(12-17)31-25-14-23(30-16-28(3,4)36)26-29-15-24(34(26)33-25)19-8-11-22(18(2)13-19)27(35)32-20-9-10-20;1-12-8-13(4-7-15(12)20(28)25-14-5-6-14)17-10-23-19-16(24-11-21(2,3)29)9-18(22)26-27(17)19/h5-8,11-15,20,30,36H,9-10,16H2,1-4H3,(H,31,33)(H,32,35);4,7-10,14,24,29H,5-6,11H2,1-3H3,(H,25,28). The summed E-state index contributed by atoms with van der Waals surface area (Å²) in [4.78, 5) is 34.2. The Bertz CT molecular complexity index is 2900. The number of amides is 2. The summed E-state index contributed by atoms with van der Waals surface area (Å²) in [6.07, 6.45) is 7.79. The molecular formula is C49H56BrN11O4. The number of nitrogens with one attached hydrogen (secondary N) is 5. The van der Waals surface area contributed by atoms with E-state index >= 15 is 0 Å². The van der Waals surface area contributed by atoms with Crippen molar-refractivity contribution < 1.29 is 19.8 Å². The number of aryl methyl sites for hydroxylation is 3. The number of nitrogens with zero attached hydrogens (tertiary/aromatic N) is 6. The molecule has 4 aromatic heterocycles. The lowest BCUT2D eigenvalue weighted by Gasteiger charge is -2.19. The van der Waals surface area contributed by atoms with Gasteiger partial charge in [0.25, 0.3) is 11.8 Å². The average molecular weight is 943 g/mol. The number of imidazole rings is 2. The molecule has 7 aromatic rings. The van der Waals surface area contributed by atoms with Gasteiger partial charge in [0.15, 0.2) is 17.1 Å². The van der Waals surface area contributed by atoms with Crippen LogP contribution < -0.4 is 26.6 Å². The van der Waals surface area contributed by atoms with Crippen molar-refractivity contribution in [3.8, 4) is 22.5 Å². The highest BCUT2D eigenvalue weighted by Crippen LogP contribution is 2.31. The minimum atomic E-state index is -0.895. The molecule has 0 spiro atoms. The van der Waals surface area contributed by atoms with Gasteiger partial charge in [-0.25, -0.2) is 19.0 Å². The number of carbonyl (C=O) groups is 2. The van der Waals surface area contributed by atoms with Gasteiger partial charge in [-0.05, 0) is 149 Å². The van der Waals surface area contributed by atoms with Crippen molar-refractivity contribution in [1.82, 2.24) is 39.8 Å². The molecule has 7 N–H and O–H groups in total. The molecule has 3 aromatic carbocycles. The number of aromatic nitrogens is 6. The smallest absolute Gasteiger partial charge is 0.251 e. The number of hydrogen-bond donors (Lipinski definition) is 7. The number of anilines is 4. The van der Waals surface area contributed by atoms with Gasteiger partial charge in [0.2, 0.25) is 0 Å². The quantitative estimate of drug-likeness (QED) is 0.0554. The molecule has 2 saturated carbocycles. The number of hydrogen-bond acceptors (Lipinski definition) is 11. The predicted octanol–water partition coefficient (Wildman–Crippen LogP) is 8.37. The Labute approximate surface area is 386 Å². The van der Waals surface area contributed by atoms with Crippen LogP contribution in [0.2, 0.25) is 0 Å². The molecule has 0 bridgehead atoms. The lowest BCUT2D eigenvalue weighted by atomic mass is 10.0. The molecule has 0 radical (unpaired) electrons. The first-order valence-electron chi connectivity index (χ1n) is 21.9. The van der Waals surface area contributed by atoms with Crippen LogP contribution in [0.25, 0.3) is 33.8 Å². The second-order valence-corrected chi connectivity index (χ2v) is 19.3. The van der Waals surface area contributed by atoms with Crippen molar-refractivity contribution >= 4 is 61.9 Å². The van der Waals surface area contributed by atoms with Crippen LogP contribution in [0.15, 0.2) is 89.8 Å². The Morgan fingerprint density at radius 3 is 1.63 bits per heavy atom. The van der Waals surface area contributed by atoms with Gasteiger partial charge in [-0.1, -0.05) is 24.3 Å². The zero-order valence-electron chi connectivity index (χ0n) is 37.8. The Hall–Kier alpha value is -6.36. The first-order valence-corrected chi connectivity index (χ1v) is 22.7. The second kappa shape index (κ2) is 18.3. The fourth-order valence-electron chi connectivity index (χ4n) is 7.25. The molecule has 2 fully saturated rings. The molecule has 65 heavy (non-hydrogen) atoms. The molecule has 2 aliphatic carbocycles. The Morgan fingerprint density at radius 1 is 0.677 bits per heavy atom. The van der Waals surface area contributed by atoms with E-state index in [1.807, 2.05) is 87.5 Å².